The van der Waals surface area contributed by atoms with Crippen LogP contribution in [0.4, 0.5) is 10.1 Å². The molecule has 3 heterocycles. The van der Waals surface area contributed by atoms with Crippen molar-refractivity contribution in [1.82, 2.24) is 24.6 Å². The molecule has 7 nitrogen and oxygen atoms in total. The van der Waals surface area contributed by atoms with Gasteiger partial charge in [-0.05, 0) is 42.0 Å². The van der Waals surface area contributed by atoms with E-state index in [0.29, 0.717) is 30.5 Å². The van der Waals surface area contributed by atoms with Crippen molar-refractivity contribution in [1.29, 1.82) is 0 Å². The van der Waals surface area contributed by atoms with Crippen molar-refractivity contribution in [2.75, 3.05) is 36.8 Å². The molecule has 35 heavy (non-hydrogen) atoms. The van der Waals surface area contributed by atoms with Gasteiger partial charge in [0.2, 0.25) is 5.91 Å². The second-order valence-electron chi connectivity index (χ2n) is 8.25. The summed E-state index contributed by atoms with van der Waals surface area (Å²) in [5, 5.41) is 9.55. The van der Waals surface area contributed by atoms with Crippen molar-refractivity contribution in [3.05, 3.63) is 90.5 Å². The normalized spacial score (nSPS) is 13.7. The van der Waals surface area contributed by atoms with Crippen LogP contribution in [0.2, 0.25) is 0 Å². The number of carbonyl (C=O) groups is 1. The van der Waals surface area contributed by atoms with Gasteiger partial charge >= 0.3 is 0 Å². The third-order valence-corrected chi connectivity index (χ3v) is 6.94. The number of halogens is 1. The third-order valence-electron chi connectivity index (χ3n) is 5.99. The number of hydrogen-bond acceptors (Lipinski definition) is 6. The lowest BCUT2D eigenvalue weighted by atomic mass is 10.2. The van der Waals surface area contributed by atoms with E-state index < -0.39 is 0 Å². The van der Waals surface area contributed by atoms with Gasteiger partial charge in [-0.15, -0.1) is 10.2 Å². The van der Waals surface area contributed by atoms with Crippen LogP contribution in [-0.4, -0.2) is 62.5 Å². The predicted molar refractivity (Wildman–Crippen MR) is 135 cm³/mol. The van der Waals surface area contributed by atoms with Crippen LogP contribution < -0.4 is 4.90 Å². The molecule has 1 aliphatic heterocycles. The van der Waals surface area contributed by atoms with Gasteiger partial charge < -0.3 is 9.80 Å². The Morgan fingerprint density at radius 3 is 2.31 bits per heavy atom. The van der Waals surface area contributed by atoms with Crippen LogP contribution in [0.1, 0.15) is 5.56 Å². The third kappa shape index (κ3) is 5.51. The Hall–Kier alpha value is -3.72. The lowest BCUT2D eigenvalue weighted by molar-refractivity contribution is -0.128. The fourth-order valence-corrected chi connectivity index (χ4v) is 4.94. The average molecular weight is 489 g/mol. The summed E-state index contributed by atoms with van der Waals surface area (Å²) >= 11 is 1.41. The highest BCUT2D eigenvalue weighted by Gasteiger charge is 2.23. The minimum Gasteiger partial charge on any atom is -0.368 e. The van der Waals surface area contributed by atoms with Gasteiger partial charge in [0.25, 0.3) is 0 Å². The molecule has 0 radical (unpaired) electrons. The summed E-state index contributed by atoms with van der Waals surface area (Å²) in [7, 11) is 0. The molecule has 1 saturated heterocycles. The average Bonchev–Trinajstić information content (AvgIpc) is 3.31. The quantitative estimate of drug-likeness (QED) is 0.367. The standard InChI is InChI=1S/C26H25FN6OS/c27-22-6-8-23(9-7-22)31-14-16-32(17-15-31)24(34)19-35-26-30-29-25(21-10-12-28-13-11-21)33(26)18-20-4-2-1-3-5-20/h1-13H,14-19H2. The molecule has 0 unspecified atom stereocenters. The van der Waals surface area contributed by atoms with Gasteiger partial charge in [-0.25, -0.2) is 4.39 Å². The summed E-state index contributed by atoms with van der Waals surface area (Å²) in [6.07, 6.45) is 3.47. The molecular formula is C26H25FN6OS. The van der Waals surface area contributed by atoms with Gasteiger partial charge in [0.05, 0.1) is 12.3 Å². The largest absolute Gasteiger partial charge is 0.368 e. The Labute approximate surface area is 207 Å². The van der Waals surface area contributed by atoms with E-state index in [1.807, 2.05) is 35.2 Å². The molecule has 0 saturated carbocycles. The number of nitrogens with zero attached hydrogens (tertiary/aromatic N) is 6. The lowest BCUT2D eigenvalue weighted by Gasteiger charge is -2.36. The number of pyridine rings is 1. The number of thioether (sulfide) groups is 1. The van der Waals surface area contributed by atoms with Crippen LogP contribution in [-0.2, 0) is 11.3 Å². The Kier molecular flexibility index (Phi) is 7.04. The molecule has 5 rings (SSSR count). The molecule has 0 bridgehead atoms. The summed E-state index contributed by atoms with van der Waals surface area (Å²) in [4.78, 5) is 21.1. The summed E-state index contributed by atoms with van der Waals surface area (Å²) in [6.45, 7) is 3.32. The smallest absolute Gasteiger partial charge is 0.233 e. The number of benzene rings is 2. The fraction of sp³-hybridized carbons (Fsp3) is 0.231. The molecule has 1 aliphatic rings. The van der Waals surface area contributed by atoms with Crippen molar-refractivity contribution in [3.8, 4) is 11.4 Å². The van der Waals surface area contributed by atoms with E-state index in [0.717, 1.165) is 35.7 Å². The molecule has 1 fully saturated rings. The van der Waals surface area contributed by atoms with Gasteiger partial charge in [0.15, 0.2) is 11.0 Å². The molecule has 0 N–H and O–H groups in total. The van der Waals surface area contributed by atoms with Gasteiger partial charge in [-0.3, -0.25) is 14.3 Å². The van der Waals surface area contributed by atoms with E-state index in [2.05, 4.69) is 36.8 Å². The van der Waals surface area contributed by atoms with Gasteiger partial charge in [-0.2, -0.15) is 0 Å². The Morgan fingerprint density at radius 1 is 0.886 bits per heavy atom. The van der Waals surface area contributed by atoms with E-state index in [1.54, 1.807) is 24.5 Å². The second-order valence-corrected chi connectivity index (χ2v) is 9.19. The SMILES string of the molecule is O=C(CSc1nnc(-c2ccncc2)n1Cc1ccccc1)N1CCN(c2ccc(F)cc2)CC1. The molecule has 2 aromatic carbocycles. The molecule has 0 atom stereocenters. The molecular weight excluding hydrogens is 463 g/mol. The molecule has 4 aromatic rings. The summed E-state index contributed by atoms with van der Waals surface area (Å²) in [5.74, 6) is 0.874. The Morgan fingerprint density at radius 2 is 1.60 bits per heavy atom. The minimum absolute atomic E-state index is 0.0773. The van der Waals surface area contributed by atoms with E-state index in [9.17, 15) is 9.18 Å². The zero-order chi connectivity index (χ0) is 24.0. The fourth-order valence-electron chi connectivity index (χ4n) is 4.10. The number of piperazine rings is 1. The minimum atomic E-state index is -0.244. The topological polar surface area (TPSA) is 67.2 Å². The Balaban J connectivity index is 1.25. The van der Waals surface area contributed by atoms with E-state index in [1.165, 1.54) is 23.9 Å². The van der Waals surface area contributed by atoms with Crippen LogP contribution in [0.3, 0.4) is 0 Å². The number of aromatic nitrogens is 4. The van der Waals surface area contributed by atoms with Crippen molar-refractivity contribution >= 4 is 23.4 Å². The summed E-state index contributed by atoms with van der Waals surface area (Å²) in [5.41, 5.74) is 3.04. The Bertz CT molecular complexity index is 1260. The maximum Gasteiger partial charge on any atom is 0.233 e. The van der Waals surface area contributed by atoms with E-state index in [-0.39, 0.29) is 11.7 Å². The van der Waals surface area contributed by atoms with Gasteiger partial charge in [0.1, 0.15) is 5.82 Å². The van der Waals surface area contributed by atoms with Gasteiger partial charge in [0, 0.05) is 49.8 Å². The van der Waals surface area contributed by atoms with Crippen molar-refractivity contribution < 1.29 is 9.18 Å². The first-order valence-electron chi connectivity index (χ1n) is 11.5. The monoisotopic (exact) mass is 488 g/mol. The van der Waals surface area contributed by atoms with Crippen LogP contribution in [0.15, 0.2) is 84.3 Å². The summed E-state index contributed by atoms with van der Waals surface area (Å²) < 4.78 is 15.3. The molecule has 0 aliphatic carbocycles. The summed E-state index contributed by atoms with van der Waals surface area (Å²) in [6, 6.07) is 20.4. The molecule has 0 spiro atoms. The van der Waals surface area contributed by atoms with Crippen molar-refractivity contribution in [2.24, 2.45) is 0 Å². The highest BCUT2D eigenvalue weighted by molar-refractivity contribution is 7.99. The van der Waals surface area contributed by atoms with E-state index >= 15 is 0 Å². The van der Waals surface area contributed by atoms with E-state index in [4.69, 9.17) is 0 Å². The number of anilines is 1. The first kappa shape index (κ1) is 23.0. The highest BCUT2D eigenvalue weighted by Crippen LogP contribution is 2.25. The van der Waals surface area contributed by atoms with Crippen molar-refractivity contribution in [3.63, 3.8) is 0 Å². The lowest BCUT2D eigenvalue weighted by Crippen LogP contribution is -2.49. The maximum atomic E-state index is 13.2. The molecule has 1 amide bonds. The second kappa shape index (κ2) is 10.7. The first-order chi connectivity index (χ1) is 17.2. The molecule has 2 aromatic heterocycles. The number of carbonyl (C=O) groups excluding carboxylic acids is 1. The molecule has 178 valence electrons. The van der Waals surface area contributed by atoms with Crippen LogP contribution in [0.5, 0.6) is 0 Å². The predicted octanol–water partition coefficient (Wildman–Crippen LogP) is 3.97. The number of amides is 1. The van der Waals surface area contributed by atoms with Crippen LogP contribution in [0, 0.1) is 5.82 Å². The first-order valence-corrected chi connectivity index (χ1v) is 12.4. The number of rotatable bonds is 7. The highest BCUT2D eigenvalue weighted by atomic mass is 32.2. The van der Waals surface area contributed by atoms with Crippen LogP contribution in [0.25, 0.3) is 11.4 Å². The van der Waals surface area contributed by atoms with Gasteiger partial charge in [-0.1, -0.05) is 42.1 Å². The maximum absolute atomic E-state index is 13.2. The molecule has 9 heteroatoms. The van der Waals surface area contributed by atoms with Crippen molar-refractivity contribution in [2.45, 2.75) is 11.7 Å². The number of hydrogen-bond donors (Lipinski definition) is 0. The zero-order valence-electron chi connectivity index (χ0n) is 19.1. The van der Waals surface area contributed by atoms with Crippen LogP contribution >= 0.6 is 11.8 Å². The zero-order valence-corrected chi connectivity index (χ0v) is 19.9.